The zero-order valence-electron chi connectivity index (χ0n) is 22.6. The van der Waals surface area contributed by atoms with Gasteiger partial charge in [0.2, 0.25) is 0 Å². The van der Waals surface area contributed by atoms with Gasteiger partial charge in [0.25, 0.3) is 30.4 Å². The van der Waals surface area contributed by atoms with E-state index in [4.69, 9.17) is 0 Å². The lowest BCUT2D eigenvalue weighted by Gasteiger charge is -2.19. The monoisotopic (exact) mass is 742 g/mol. The van der Waals surface area contributed by atoms with Gasteiger partial charge in [-0.15, -0.1) is 0 Å². The normalized spacial score (nSPS) is 13.9. The smallest absolute Gasteiger partial charge is 0.294 e. The number of phenolic OH excluding ortho intramolecular Hbond substituents is 4. The van der Waals surface area contributed by atoms with Crippen molar-refractivity contribution in [2.24, 2.45) is 0 Å². The molecule has 0 amide bonds. The van der Waals surface area contributed by atoms with Crippen LogP contribution in [0.25, 0.3) is 0 Å². The standard InChI is InChI=1S/C28H23BrO13S3/c29-21-5-13-1-15-7-22(43(34,35)36)9-17(26(15)31)3-19-11-24(45(40,41)42)12-20(28(19)33)4-18-10-23(44(37,38)39)8-16(27(18)32)2-14(6-21)25(13)30/h5-12,30-33H,1-4H2,(H,34,35,36)(H,37,38,39)(H,40,41,42). The minimum absolute atomic E-state index is 0.101. The molecule has 13 nitrogen and oxygen atoms in total. The van der Waals surface area contributed by atoms with E-state index in [0.717, 1.165) is 36.4 Å². The van der Waals surface area contributed by atoms with Gasteiger partial charge in [0.1, 0.15) is 23.0 Å². The Morgan fingerprint density at radius 2 is 0.578 bits per heavy atom. The molecule has 0 saturated carbocycles. The minimum atomic E-state index is -4.93. The Morgan fingerprint density at radius 1 is 0.400 bits per heavy atom. The summed E-state index contributed by atoms with van der Waals surface area (Å²) in [5, 5.41) is 44.8. The molecule has 4 aromatic carbocycles. The zero-order valence-corrected chi connectivity index (χ0v) is 26.7. The second-order valence-corrected chi connectivity index (χ2v) is 15.7. The van der Waals surface area contributed by atoms with Crippen LogP contribution < -0.4 is 0 Å². The van der Waals surface area contributed by atoms with Gasteiger partial charge in [0.05, 0.1) is 14.7 Å². The van der Waals surface area contributed by atoms with Gasteiger partial charge in [0, 0.05) is 63.5 Å². The lowest BCUT2D eigenvalue weighted by atomic mass is 9.91. The van der Waals surface area contributed by atoms with E-state index in [0.29, 0.717) is 4.47 Å². The van der Waals surface area contributed by atoms with Crippen LogP contribution in [0, 0.1) is 0 Å². The van der Waals surface area contributed by atoms with E-state index in [1.807, 2.05) is 0 Å². The van der Waals surface area contributed by atoms with Gasteiger partial charge in [-0.25, -0.2) is 0 Å². The quantitative estimate of drug-likeness (QED) is 0.131. The first kappa shape index (κ1) is 32.7. The van der Waals surface area contributed by atoms with Crippen molar-refractivity contribution in [2.75, 3.05) is 0 Å². The Balaban J connectivity index is 1.89. The largest absolute Gasteiger partial charge is 0.507 e. The van der Waals surface area contributed by atoms with E-state index in [-0.39, 0.29) is 63.1 Å². The minimum Gasteiger partial charge on any atom is -0.507 e. The molecule has 238 valence electrons. The molecular weight excluding hydrogens is 720 g/mol. The van der Waals surface area contributed by atoms with Crippen LogP contribution in [0.4, 0.5) is 0 Å². The lowest BCUT2D eigenvalue weighted by Crippen LogP contribution is -2.07. The molecule has 0 unspecified atom stereocenters. The molecule has 8 bridgehead atoms. The third kappa shape index (κ3) is 6.64. The van der Waals surface area contributed by atoms with Crippen LogP contribution in [0.1, 0.15) is 44.5 Å². The SMILES string of the molecule is O=S(=O)(O)c1cc2c(O)c(c1)Cc1cc(S(=O)(=O)O)cc(c1O)Cc1cc(S(=O)(=O)O)cc(c1O)Cc1cc(Br)cc(c1O)C2. The molecule has 0 radical (unpaired) electrons. The number of rotatable bonds is 3. The summed E-state index contributed by atoms with van der Waals surface area (Å²) in [5.74, 6) is -1.98. The summed E-state index contributed by atoms with van der Waals surface area (Å²) >= 11 is 3.32. The van der Waals surface area contributed by atoms with E-state index in [9.17, 15) is 59.3 Å². The van der Waals surface area contributed by atoms with Gasteiger partial charge < -0.3 is 20.4 Å². The predicted octanol–water partition coefficient (Wildman–Crippen LogP) is 3.69. The zero-order chi connectivity index (χ0) is 33.2. The van der Waals surface area contributed by atoms with Gasteiger partial charge in [0.15, 0.2) is 0 Å². The number of hydrogen-bond donors (Lipinski definition) is 7. The van der Waals surface area contributed by atoms with Crippen molar-refractivity contribution in [1.82, 2.24) is 0 Å². The van der Waals surface area contributed by atoms with E-state index in [1.165, 1.54) is 12.1 Å². The first-order valence-electron chi connectivity index (χ1n) is 12.7. The molecule has 17 heteroatoms. The maximum Gasteiger partial charge on any atom is 0.294 e. The highest BCUT2D eigenvalue weighted by molar-refractivity contribution is 9.10. The molecule has 0 spiro atoms. The van der Waals surface area contributed by atoms with Crippen LogP contribution in [0.15, 0.2) is 67.7 Å². The number of aromatic hydroxyl groups is 4. The van der Waals surface area contributed by atoms with Gasteiger partial charge >= 0.3 is 0 Å². The fourth-order valence-electron chi connectivity index (χ4n) is 5.25. The summed E-state index contributed by atoms with van der Waals surface area (Å²) in [6, 6.07) is 8.36. The Kier molecular flexibility index (Phi) is 8.18. The number of fused-ring (bicyclic) bond motifs is 8. The van der Waals surface area contributed by atoms with Crippen LogP contribution in [0.2, 0.25) is 0 Å². The number of halogens is 1. The van der Waals surface area contributed by atoms with Crippen molar-refractivity contribution in [1.29, 1.82) is 0 Å². The summed E-state index contributed by atoms with van der Waals surface area (Å²) in [5.41, 5.74) is -0.845. The molecule has 4 aromatic rings. The summed E-state index contributed by atoms with van der Waals surface area (Å²) in [7, 11) is -14.7. The van der Waals surface area contributed by atoms with Gasteiger partial charge in [-0.1, -0.05) is 15.9 Å². The first-order valence-corrected chi connectivity index (χ1v) is 17.8. The molecule has 5 rings (SSSR count). The van der Waals surface area contributed by atoms with Crippen molar-refractivity contribution in [3.8, 4) is 23.0 Å². The Hall–Kier alpha value is -3.71. The second kappa shape index (κ2) is 11.3. The van der Waals surface area contributed by atoms with Gasteiger partial charge in [-0.3, -0.25) is 13.7 Å². The molecule has 0 fully saturated rings. The second-order valence-electron chi connectivity index (χ2n) is 10.5. The van der Waals surface area contributed by atoms with E-state index in [2.05, 4.69) is 15.9 Å². The number of hydrogen-bond acceptors (Lipinski definition) is 10. The van der Waals surface area contributed by atoms with E-state index < -0.39 is 75.1 Å². The van der Waals surface area contributed by atoms with Crippen LogP contribution in [0.5, 0.6) is 23.0 Å². The fourth-order valence-corrected chi connectivity index (χ4v) is 7.55. The fraction of sp³-hybridized carbons (Fsp3) is 0.143. The summed E-state index contributed by atoms with van der Waals surface area (Å²) in [6.45, 7) is 0. The lowest BCUT2D eigenvalue weighted by molar-refractivity contribution is 0.449. The summed E-state index contributed by atoms with van der Waals surface area (Å²) in [6.07, 6.45) is -1.76. The summed E-state index contributed by atoms with van der Waals surface area (Å²) < 4.78 is 103. The van der Waals surface area contributed by atoms with Crippen molar-refractivity contribution in [2.45, 2.75) is 40.4 Å². The summed E-state index contributed by atoms with van der Waals surface area (Å²) in [4.78, 5) is -2.03. The Labute approximate surface area is 265 Å². The van der Waals surface area contributed by atoms with E-state index in [1.54, 1.807) is 0 Å². The maximum absolute atomic E-state index is 12.2. The van der Waals surface area contributed by atoms with Crippen molar-refractivity contribution >= 4 is 46.3 Å². The maximum atomic E-state index is 12.2. The average molecular weight is 744 g/mol. The van der Waals surface area contributed by atoms with Crippen LogP contribution in [0.3, 0.4) is 0 Å². The highest BCUT2D eigenvalue weighted by Gasteiger charge is 2.25. The highest BCUT2D eigenvalue weighted by Crippen LogP contribution is 2.40. The molecule has 1 aliphatic carbocycles. The third-order valence-corrected chi connectivity index (χ3v) is 10.3. The van der Waals surface area contributed by atoms with Crippen molar-refractivity contribution < 1.29 is 59.3 Å². The molecular formula is C28H23BrO13S3. The molecule has 0 atom stereocenters. The van der Waals surface area contributed by atoms with Gasteiger partial charge in [-0.05, 0) is 59.7 Å². The van der Waals surface area contributed by atoms with Crippen molar-refractivity contribution in [3.63, 3.8) is 0 Å². The average Bonchev–Trinajstić information content (AvgIpc) is 2.90. The number of benzene rings is 4. The Bertz CT molecular complexity index is 2110. The molecule has 7 N–H and O–H groups in total. The molecule has 0 aromatic heterocycles. The van der Waals surface area contributed by atoms with Crippen LogP contribution >= 0.6 is 15.9 Å². The molecule has 0 saturated heterocycles. The number of phenols is 4. The van der Waals surface area contributed by atoms with E-state index >= 15 is 0 Å². The molecule has 0 heterocycles. The molecule has 1 aliphatic rings. The third-order valence-electron chi connectivity index (χ3n) is 7.37. The Morgan fingerprint density at radius 3 is 0.756 bits per heavy atom. The predicted molar refractivity (Wildman–Crippen MR) is 161 cm³/mol. The van der Waals surface area contributed by atoms with Crippen molar-refractivity contribution in [3.05, 3.63) is 97.5 Å². The molecule has 0 aliphatic heterocycles. The van der Waals surface area contributed by atoms with Gasteiger partial charge in [-0.2, -0.15) is 25.3 Å². The highest BCUT2D eigenvalue weighted by atomic mass is 79.9. The topological polar surface area (TPSA) is 244 Å². The van der Waals surface area contributed by atoms with Crippen LogP contribution in [-0.4, -0.2) is 59.3 Å². The van der Waals surface area contributed by atoms with Crippen LogP contribution in [-0.2, 0) is 56.0 Å². The molecule has 45 heavy (non-hydrogen) atoms. The first-order chi connectivity index (χ1) is 20.7.